The van der Waals surface area contributed by atoms with E-state index in [1.54, 1.807) is 12.1 Å². The number of fused-ring (bicyclic) bond motifs is 1. The van der Waals surface area contributed by atoms with Crippen molar-refractivity contribution in [3.8, 4) is 17.2 Å². The second-order valence-electron chi connectivity index (χ2n) is 6.06. The molecule has 27 heavy (non-hydrogen) atoms. The van der Waals surface area contributed by atoms with E-state index in [4.69, 9.17) is 37.4 Å². The van der Waals surface area contributed by atoms with E-state index in [1.165, 1.54) is 0 Å². The molecule has 0 unspecified atom stereocenters. The highest BCUT2D eigenvalue weighted by Crippen LogP contribution is 2.34. The largest absolute Gasteiger partial charge is 0.489 e. The lowest BCUT2D eigenvalue weighted by Gasteiger charge is -2.11. The summed E-state index contributed by atoms with van der Waals surface area (Å²) in [6.45, 7) is 1.24. The first-order valence-electron chi connectivity index (χ1n) is 8.47. The summed E-state index contributed by atoms with van der Waals surface area (Å²) in [6, 6.07) is 19.1. The minimum Gasteiger partial charge on any atom is -0.489 e. The van der Waals surface area contributed by atoms with Gasteiger partial charge in [0.15, 0.2) is 11.5 Å². The number of benzene rings is 3. The Bertz CT molecular complexity index is 942. The molecule has 0 atom stereocenters. The van der Waals surface area contributed by atoms with Crippen LogP contribution >= 0.6 is 23.2 Å². The van der Waals surface area contributed by atoms with Crippen LogP contribution in [0, 0.1) is 0 Å². The molecule has 0 saturated carbocycles. The van der Waals surface area contributed by atoms with Gasteiger partial charge in [-0.3, -0.25) is 0 Å². The van der Waals surface area contributed by atoms with E-state index < -0.39 is 0 Å². The average Bonchev–Trinajstić information content (AvgIpc) is 3.14. The van der Waals surface area contributed by atoms with Crippen LogP contribution in [0.1, 0.15) is 11.1 Å². The van der Waals surface area contributed by atoms with Gasteiger partial charge in [0, 0.05) is 33.9 Å². The summed E-state index contributed by atoms with van der Waals surface area (Å²) in [7, 11) is 0. The number of ether oxygens (including phenoxy) is 3. The monoisotopic (exact) mass is 401 g/mol. The Balaban J connectivity index is 1.39. The molecule has 0 bridgehead atoms. The van der Waals surface area contributed by atoms with Crippen molar-refractivity contribution in [1.29, 1.82) is 0 Å². The second-order valence-corrected chi connectivity index (χ2v) is 6.87. The van der Waals surface area contributed by atoms with E-state index in [0.717, 1.165) is 34.1 Å². The van der Waals surface area contributed by atoms with Gasteiger partial charge in [-0.1, -0.05) is 41.4 Å². The predicted molar refractivity (Wildman–Crippen MR) is 107 cm³/mol. The molecule has 4 nitrogen and oxygen atoms in total. The molecule has 1 aliphatic heterocycles. The summed E-state index contributed by atoms with van der Waals surface area (Å²) in [5, 5.41) is 4.58. The van der Waals surface area contributed by atoms with Crippen molar-refractivity contribution < 1.29 is 14.2 Å². The van der Waals surface area contributed by atoms with Crippen LogP contribution in [-0.2, 0) is 13.2 Å². The molecule has 0 aromatic heterocycles. The van der Waals surface area contributed by atoms with Gasteiger partial charge in [-0.15, -0.1) is 0 Å². The van der Waals surface area contributed by atoms with Crippen molar-refractivity contribution in [2.24, 2.45) is 0 Å². The molecule has 0 fully saturated rings. The predicted octanol–water partition coefficient (Wildman–Crippen LogP) is 5.91. The van der Waals surface area contributed by atoms with E-state index in [2.05, 4.69) is 5.32 Å². The first-order chi connectivity index (χ1) is 13.2. The minimum atomic E-state index is 0.271. The fourth-order valence-electron chi connectivity index (χ4n) is 2.78. The third-order valence-electron chi connectivity index (χ3n) is 4.21. The first kappa shape index (κ1) is 17.8. The summed E-state index contributed by atoms with van der Waals surface area (Å²) in [5.41, 5.74) is 2.84. The standard InChI is InChI=1S/C21H17Cl2NO3/c22-18-5-2-6-19(23)17(18)12-25-16-4-1-3-14(9-16)11-24-15-7-8-20-21(10-15)27-13-26-20/h1-10,24H,11-13H2. The van der Waals surface area contributed by atoms with Gasteiger partial charge in [0.2, 0.25) is 6.79 Å². The number of anilines is 1. The Kier molecular flexibility index (Phi) is 5.28. The SMILES string of the molecule is Clc1cccc(Cl)c1COc1cccc(CNc2ccc3c(c2)OCO3)c1. The molecule has 0 saturated heterocycles. The molecule has 3 aromatic rings. The topological polar surface area (TPSA) is 39.7 Å². The van der Waals surface area contributed by atoms with Crippen LogP contribution in [0.5, 0.6) is 17.2 Å². The van der Waals surface area contributed by atoms with Crippen molar-refractivity contribution in [3.63, 3.8) is 0 Å². The molecule has 6 heteroatoms. The van der Waals surface area contributed by atoms with Crippen LogP contribution in [0.15, 0.2) is 60.7 Å². The van der Waals surface area contributed by atoms with E-state index >= 15 is 0 Å². The second kappa shape index (κ2) is 7.99. The average molecular weight is 402 g/mol. The number of hydrogen-bond donors (Lipinski definition) is 1. The van der Waals surface area contributed by atoms with Gasteiger partial charge in [-0.05, 0) is 42.0 Å². The maximum Gasteiger partial charge on any atom is 0.231 e. The highest BCUT2D eigenvalue weighted by atomic mass is 35.5. The Labute approximate surface area is 167 Å². The van der Waals surface area contributed by atoms with Crippen LogP contribution in [0.4, 0.5) is 5.69 Å². The maximum absolute atomic E-state index is 6.19. The van der Waals surface area contributed by atoms with Gasteiger partial charge in [0.05, 0.1) is 0 Å². The molecule has 0 spiro atoms. The van der Waals surface area contributed by atoms with E-state index in [0.29, 0.717) is 23.2 Å². The van der Waals surface area contributed by atoms with E-state index in [-0.39, 0.29) is 6.79 Å². The van der Waals surface area contributed by atoms with Crippen LogP contribution in [-0.4, -0.2) is 6.79 Å². The number of hydrogen-bond acceptors (Lipinski definition) is 4. The lowest BCUT2D eigenvalue weighted by Crippen LogP contribution is -2.01. The summed E-state index contributed by atoms with van der Waals surface area (Å²) >= 11 is 12.4. The van der Waals surface area contributed by atoms with Crippen LogP contribution in [0.3, 0.4) is 0 Å². The molecule has 1 heterocycles. The molecular weight excluding hydrogens is 385 g/mol. The molecule has 0 aliphatic carbocycles. The smallest absolute Gasteiger partial charge is 0.231 e. The van der Waals surface area contributed by atoms with Gasteiger partial charge in [-0.25, -0.2) is 0 Å². The summed E-state index contributed by atoms with van der Waals surface area (Å²) < 4.78 is 16.6. The molecular formula is C21H17Cl2NO3. The molecule has 0 radical (unpaired) electrons. The zero-order valence-electron chi connectivity index (χ0n) is 14.4. The maximum atomic E-state index is 6.19. The lowest BCUT2D eigenvalue weighted by molar-refractivity contribution is 0.174. The van der Waals surface area contributed by atoms with Gasteiger partial charge in [-0.2, -0.15) is 0 Å². The molecule has 3 aromatic carbocycles. The Morgan fingerprint density at radius 3 is 2.52 bits per heavy atom. The van der Waals surface area contributed by atoms with Gasteiger partial charge in [0.25, 0.3) is 0 Å². The first-order valence-corrected chi connectivity index (χ1v) is 9.23. The number of nitrogens with one attached hydrogen (secondary N) is 1. The highest BCUT2D eigenvalue weighted by Gasteiger charge is 2.13. The Morgan fingerprint density at radius 1 is 0.889 bits per heavy atom. The highest BCUT2D eigenvalue weighted by molar-refractivity contribution is 6.35. The molecule has 1 N–H and O–H groups in total. The van der Waals surface area contributed by atoms with Gasteiger partial charge >= 0.3 is 0 Å². The lowest BCUT2D eigenvalue weighted by atomic mass is 10.2. The Morgan fingerprint density at radius 2 is 1.67 bits per heavy atom. The van der Waals surface area contributed by atoms with E-state index in [9.17, 15) is 0 Å². The molecule has 138 valence electrons. The van der Waals surface area contributed by atoms with Crippen LogP contribution in [0.25, 0.3) is 0 Å². The van der Waals surface area contributed by atoms with E-state index in [1.807, 2.05) is 48.5 Å². The van der Waals surface area contributed by atoms with Crippen LogP contribution < -0.4 is 19.5 Å². The normalized spacial score (nSPS) is 12.1. The fourth-order valence-corrected chi connectivity index (χ4v) is 3.29. The zero-order valence-corrected chi connectivity index (χ0v) is 15.9. The number of rotatable bonds is 6. The fraction of sp³-hybridized carbons (Fsp3) is 0.143. The molecule has 1 aliphatic rings. The van der Waals surface area contributed by atoms with Crippen molar-refractivity contribution in [3.05, 3.63) is 81.8 Å². The number of halogens is 2. The minimum absolute atomic E-state index is 0.271. The van der Waals surface area contributed by atoms with Crippen molar-refractivity contribution in [1.82, 2.24) is 0 Å². The van der Waals surface area contributed by atoms with Gasteiger partial charge < -0.3 is 19.5 Å². The zero-order chi connectivity index (χ0) is 18.6. The summed E-state index contributed by atoms with van der Waals surface area (Å²) in [5.74, 6) is 2.29. The Hall–Kier alpha value is -2.56. The van der Waals surface area contributed by atoms with Crippen LogP contribution in [0.2, 0.25) is 10.0 Å². The molecule has 0 amide bonds. The summed E-state index contributed by atoms with van der Waals surface area (Å²) in [6.07, 6.45) is 0. The van der Waals surface area contributed by atoms with Gasteiger partial charge in [0.1, 0.15) is 12.4 Å². The van der Waals surface area contributed by atoms with Crippen molar-refractivity contribution >= 4 is 28.9 Å². The third-order valence-corrected chi connectivity index (χ3v) is 4.92. The van der Waals surface area contributed by atoms with Crippen molar-refractivity contribution in [2.45, 2.75) is 13.2 Å². The summed E-state index contributed by atoms with van der Waals surface area (Å²) in [4.78, 5) is 0. The molecule has 4 rings (SSSR count). The quantitative estimate of drug-likeness (QED) is 0.556. The third kappa shape index (κ3) is 4.24. The van der Waals surface area contributed by atoms with Crippen molar-refractivity contribution in [2.75, 3.05) is 12.1 Å².